The van der Waals surface area contributed by atoms with Gasteiger partial charge in [0.1, 0.15) is 0 Å². The third-order valence-corrected chi connectivity index (χ3v) is 7.93. The number of nitrogens with one attached hydrogen (secondary N) is 1. The maximum atomic E-state index is 12.9. The number of halogens is 1. The molecule has 2 aliphatic rings. The summed E-state index contributed by atoms with van der Waals surface area (Å²) >= 11 is 6.13. The summed E-state index contributed by atoms with van der Waals surface area (Å²) in [6.07, 6.45) is 3.20. The molecule has 1 N–H and O–H groups in total. The SMILES string of the molecule is CC1CCN(S(=O)(=O)N2CCC[C@@H](C(=O)NCc3ccccc3Cl)C2)CC1. The molecule has 0 aliphatic carbocycles. The van der Waals surface area contributed by atoms with E-state index in [1.54, 1.807) is 10.4 Å². The molecule has 1 aromatic rings. The van der Waals surface area contributed by atoms with Crippen molar-refractivity contribution in [1.82, 2.24) is 13.9 Å². The first-order valence-corrected chi connectivity index (χ1v) is 11.4. The van der Waals surface area contributed by atoms with Crippen molar-refractivity contribution in [1.29, 1.82) is 0 Å². The number of amides is 1. The number of rotatable bonds is 5. The van der Waals surface area contributed by atoms with Gasteiger partial charge in [-0.25, -0.2) is 0 Å². The van der Waals surface area contributed by atoms with Crippen molar-refractivity contribution < 1.29 is 13.2 Å². The Balaban J connectivity index is 1.58. The van der Waals surface area contributed by atoms with E-state index < -0.39 is 10.2 Å². The topological polar surface area (TPSA) is 69.7 Å². The van der Waals surface area contributed by atoms with Gasteiger partial charge >= 0.3 is 0 Å². The highest BCUT2D eigenvalue weighted by Crippen LogP contribution is 2.25. The van der Waals surface area contributed by atoms with E-state index in [0.29, 0.717) is 50.0 Å². The summed E-state index contributed by atoms with van der Waals surface area (Å²) in [7, 11) is -3.48. The zero-order valence-corrected chi connectivity index (χ0v) is 17.3. The van der Waals surface area contributed by atoms with Crippen LogP contribution in [0, 0.1) is 11.8 Å². The standard InChI is InChI=1S/C19H28ClN3O3S/c1-15-8-11-22(12-9-15)27(25,26)23-10-4-6-17(14-23)19(24)21-13-16-5-2-3-7-18(16)20/h2-3,5,7,15,17H,4,6,8-14H2,1H3,(H,21,24)/t17-/m1/s1. The van der Waals surface area contributed by atoms with E-state index in [0.717, 1.165) is 18.4 Å². The zero-order chi connectivity index (χ0) is 19.4. The van der Waals surface area contributed by atoms with E-state index in [4.69, 9.17) is 11.6 Å². The van der Waals surface area contributed by atoms with Crippen LogP contribution in [0.4, 0.5) is 0 Å². The molecule has 0 unspecified atom stereocenters. The lowest BCUT2D eigenvalue weighted by atomic mass is 9.99. The third-order valence-electron chi connectivity index (χ3n) is 5.56. The number of benzene rings is 1. The van der Waals surface area contributed by atoms with Crippen molar-refractivity contribution >= 4 is 27.7 Å². The third kappa shape index (κ3) is 5.02. The molecule has 8 heteroatoms. The molecule has 1 aromatic carbocycles. The highest BCUT2D eigenvalue weighted by atomic mass is 35.5. The fourth-order valence-electron chi connectivity index (χ4n) is 3.71. The van der Waals surface area contributed by atoms with Gasteiger partial charge in [-0.05, 0) is 43.2 Å². The van der Waals surface area contributed by atoms with Crippen LogP contribution in [0.15, 0.2) is 24.3 Å². The number of carbonyl (C=O) groups excluding carboxylic acids is 1. The van der Waals surface area contributed by atoms with Crippen molar-refractivity contribution in [2.45, 2.75) is 39.2 Å². The Bertz CT molecular complexity index is 763. The molecule has 2 fully saturated rings. The summed E-state index contributed by atoms with van der Waals surface area (Å²) in [5, 5.41) is 3.52. The molecule has 0 radical (unpaired) electrons. The number of piperidine rings is 2. The van der Waals surface area contributed by atoms with Gasteiger partial charge in [0.25, 0.3) is 10.2 Å². The number of hydrogen-bond acceptors (Lipinski definition) is 3. The minimum atomic E-state index is -3.48. The van der Waals surface area contributed by atoms with E-state index in [9.17, 15) is 13.2 Å². The fourth-order valence-corrected chi connectivity index (χ4v) is 5.64. The summed E-state index contributed by atoms with van der Waals surface area (Å²) in [5.74, 6) is 0.142. The highest BCUT2D eigenvalue weighted by molar-refractivity contribution is 7.86. The average Bonchev–Trinajstić information content (AvgIpc) is 2.67. The van der Waals surface area contributed by atoms with Crippen LogP contribution in [0.3, 0.4) is 0 Å². The molecule has 2 saturated heterocycles. The van der Waals surface area contributed by atoms with Crippen molar-refractivity contribution in [3.8, 4) is 0 Å². The van der Waals surface area contributed by atoms with Gasteiger partial charge < -0.3 is 5.32 Å². The van der Waals surface area contributed by atoms with Crippen LogP contribution in [0.2, 0.25) is 5.02 Å². The van der Waals surface area contributed by atoms with Crippen LogP contribution in [-0.2, 0) is 21.5 Å². The maximum Gasteiger partial charge on any atom is 0.281 e. The molecular weight excluding hydrogens is 386 g/mol. The number of hydrogen-bond donors (Lipinski definition) is 1. The molecule has 0 aromatic heterocycles. The second-order valence-corrected chi connectivity index (χ2v) is 9.93. The summed E-state index contributed by atoms with van der Waals surface area (Å²) in [5.41, 5.74) is 0.857. The minimum absolute atomic E-state index is 0.109. The predicted molar refractivity (Wildman–Crippen MR) is 106 cm³/mol. The normalized spacial score (nSPS) is 23.3. The maximum absolute atomic E-state index is 12.9. The highest BCUT2D eigenvalue weighted by Gasteiger charge is 2.36. The Labute approximate surface area is 167 Å². The van der Waals surface area contributed by atoms with Crippen LogP contribution < -0.4 is 5.32 Å². The second kappa shape index (κ2) is 8.90. The van der Waals surface area contributed by atoms with Gasteiger partial charge in [-0.2, -0.15) is 17.0 Å². The summed E-state index contributed by atoms with van der Waals surface area (Å²) in [4.78, 5) is 12.6. The van der Waals surface area contributed by atoms with Gasteiger partial charge in [0.2, 0.25) is 5.91 Å². The molecule has 27 heavy (non-hydrogen) atoms. The molecule has 1 atom stereocenters. The fraction of sp³-hybridized carbons (Fsp3) is 0.632. The van der Waals surface area contributed by atoms with Gasteiger partial charge in [-0.3, -0.25) is 4.79 Å². The monoisotopic (exact) mass is 413 g/mol. The molecule has 150 valence electrons. The van der Waals surface area contributed by atoms with Crippen LogP contribution in [0.25, 0.3) is 0 Å². The predicted octanol–water partition coefficient (Wildman–Crippen LogP) is 2.64. The Morgan fingerprint density at radius 3 is 2.56 bits per heavy atom. The molecular formula is C19H28ClN3O3S. The van der Waals surface area contributed by atoms with E-state index in [1.807, 2.05) is 18.2 Å². The first-order chi connectivity index (χ1) is 12.9. The zero-order valence-electron chi connectivity index (χ0n) is 15.7. The quantitative estimate of drug-likeness (QED) is 0.806. The summed E-state index contributed by atoms with van der Waals surface area (Å²) in [6, 6.07) is 7.38. The Kier molecular flexibility index (Phi) is 6.78. The molecule has 0 saturated carbocycles. The van der Waals surface area contributed by atoms with Crippen molar-refractivity contribution in [2.75, 3.05) is 26.2 Å². The molecule has 1 amide bonds. The molecule has 3 rings (SSSR count). The van der Waals surface area contributed by atoms with E-state index in [1.165, 1.54) is 4.31 Å². The van der Waals surface area contributed by atoms with Crippen molar-refractivity contribution in [3.05, 3.63) is 34.9 Å². The summed E-state index contributed by atoms with van der Waals surface area (Å²) < 4.78 is 29.0. The second-order valence-electron chi connectivity index (χ2n) is 7.60. The lowest BCUT2D eigenvalue weighted by Crippen LogP contribution is -2.52. The van der Waals surface area contributed by atoms with Gasteiger partial charge in [-0.15, -0.1) is 0 Å². The molecule has 0 bridgehead atoms. The Morgan fingerprint density at radius 2 is 1.85 bits per heavy atom. The lowest BCUT2D eigenvalue weighted by Gasteiger charge is -2.37. The van der Waals surface area contributed by atoms with Crippen LogP contribution >= 0.6 is 11.6 Å². The molecule has 0 spiro atoms. The Morgan fingerprint density at radius 1 is 1.15 bits per heavy atom. The smallest absolute Gasteiger partial charge is 0.281 e. The largest absolute Gasteiger partial charge is 0.352 e. The molecule has 2 heterocycles. The number of carbonyl (C=O) groups is 1. The van der Waals surface area contributed by atoms with Gasteiger partial charge in [0.15, 0.2) is 0 Å². The van der Waals surface area contributed by atoms with Crippen LogP contribution in [0.1, 0.15) is 38.2 Å². The van der Waals surface area contributed by atoms with Gasteiger partial charge in [-0.1, -0.05) is 36.7 Å². The van der Waals surface area contributed by atoms with E-state index in [-0.39, 0.29) is 18.4 Å². The van der Waals surface area contributed by atoms with E-state index >= 15 is 0 Å². The van der Waals surface area contributed by atoms with Crippen molar-refractivity contribution in [2.24, 2.45) is 11.8 Å². The van der Waals surface area contributed by atoms with E-state index in [2.05, 4.69) is 12.2 Å². The number of nitrogens with zero attached hydrogens (tertiary/aromatic N) is 2. The summed E-state index contributed by atoms with van der Waals surface area (Å²) in [6.45, 7) is 4.40. The van der Waals surface area contributed by atoms with Crippen LogP contribution in [0.5, 0.6) is 0 Å². The molecule has 2 aliphatic heterocycles. The first kappa shape index (κ1) is 20.6. The lowest BCUT2D eigenvalue weighted by molar-refractivity contribution is -0.126. The van der Waals surface area contributed by atoms with Gasteiger partial charge in [0.05, 0.1) is 5.92 Å². The average molecular weight is 414 g/mol. The van der Waals surface area contributed by atoms with Crippen molar-refractivity contribution in [3.63, 3.8) is 0 Å². The Hall–Kier alpha value is -1.15. The van der Waals surface area contributed by atoms with Crippen LogP contribution in [-0.4, -0.2) is 49.1 Å². The van der Waals surface area contributed by atoms with Gasteiger partial charge in [0, 0.05) is 37.7 Å². The molecule has 6 nitrogen and oxygen atoms in total. The first-order valence-electron chi connectivity index (χ1n) is 9.64. The minimum Gasteiger partial charge on any atom is -0.352 e.